The number of thiophene rings is 1. The number of hydrogen-bond acceptors (Lipinski definition) is 6. The predicted octanol–water partition coefficient (Wildman–Crippen LogP) is 4.07. The van der Waals surface area contributed by atoms with Crippen LogP contribution in [0.2, 0.25) is 0 Å². The van der Waals surface area contributed by atoms with Gasteiger partial charge in [-0.25, -0.2) is 4.98 Å². The summed E-state index contributed by atoms with van der Waals surface area (Å²) in [5.41, 5.74) is 3.93. The maximum absolute atomic E-state index is 13.5. The lowest BCUT2D eigenvalue weighted by molar-refractivity contribution is -0.119. The van der Waals surface area contributed by atoms with Gasteiger partial charge in [-0.1, -0.05) is 17.8 Å². The Bertz CT molecular complexity index is 1190. The fourth-order valence-corrected chi connectivity index (χ4v) is 5.59. The van der Waals surface area contributed by atoms with E-state index in [-0.39, 0.29) is 23.3 Å². The minimum atomic E-state index is -0.0858. The first-order chi connectivity index (χ1) is 14.8. The average Bonchev–Trinajstić information content (AvgIpc) is 3.35. The number of ether oxygens (including phenoxy) is 1. The van der Waals surface area contributed by atoms with Crippen LogP contribution in [0.5, 0.6) is 0 Å². The molecule has 6 nitrogen and oxygen atoms in total. The zero-order chi connectivity index (χ0) is 22.1. The molecule has 0 spiro atoms. The van der Waals surface area contributed by atoms with E-state index in [2.05, 4.69) is 5.32 Å². The van der Waals surface area contributed by atoms with E-state index in [1.54, 1.807) is 4.57 Å². The van der Waals surface area contributed by atoms with Gasteiger partial charge in [0.05, 0.1) is 22.9 Å². The van der Waals surface area contributed by atoms with Crippen LogP contribution in [0.1, 0.15) is 34.4 Å². The molecular formula is C23H27N3O3S2. The van der Waals surface area contributed by atoms with Gasteiger partial charge in [0.1, 0.15) is 4.83 Å². The normalized spacial score (nSPS) is 16.2. The van der Waals surface area contributed by atoms with Crippen molar-refractivity contribution in [3.8, 4) is 5.69 Å². The number of benzene rings is 1. The number of nitrogens with zero attached hydrogens (tertiary/aromatic N) is 2. The molecular weight excluding hydrogens is 430 g/mol. The summed E-state index contributed by atoms with van der Waals surface area (Å²) < 4.78 is 7.21. The average molecular weight is 458 g/mol. The first kappa shape index (κ1) is 22.0. The molecule has 1 aliphatic heterocycles. The SMILES string of the molecule is Cc1ccc(-n2c(SCC(=O)NC[C@H]3CCCO3)nc3sc(C)c(C)c3c2=O)cc1C. The van der Waals surface area contributed by atoms with Gasteiger partial charge in [-0.15, -0.1) is 11.3 Å². The number of nitrogens with one attached hydrogen (secondary N) is 1. The molecule has 0 bridgehead atoms. The first-order valence-electron chi connectivity index (χ1n) is 10.5. The molecule has 0 saturated carbocycles. The summed E-state index contributed by atoms with van der Waals surface area (Å²) in [6, 6.07) is 5.95. The number of hydrogen-bond donors (Lipinski definition) is 1. The lowest BCUT2D eigenvalue weighted by Crippen LogP contribution is -2.33. The third-order valence-electron chi connectivity index (χ3n) is 5.80. The van der Waals surface area contributed by atoms with Gasteiger partial charge in [-0.3, -0.25) is 14.2 Å². The van der Waals surface area contributed by atoms with Crippen LogP contribution >= 0.6 is 23.1 Å². The smallest absolute Gasteiger partial charge is 0.267 e. The first-order valence-corrected chi connectivity index (χ1v) is 12.3. The van der Waals surface area contributed by atoms with Crippen molar-refractivity contribution >= 4 is 39.2 Å². The highest BCUT2D eigenvalue weighted by atomic mass is 32.2. The Labute approximate surface area is 190 Å². The molecule has 3 aromatic rings. The molecule has 31 heavy (non-hydrogen) atoms. The topological polar surface area (TPSA) is 73.2 Å². The molecule has 3 heterocycles. The second-order valence-electron chi connectivity index (χ2n) is 7.99. The van der Waals surface area contributed by atoms with E-state index < -0.39 is 0 Å². The van der Waals surface area contributed by atoms with Gasteiger partial charge in [0, 0.05) is 18.0 Å². The van der Waals surface area contributed by atoms with Crippen LogP contribution in [0.3, 0.4) is 0 Å². The Balaban J connectivity index is 1.66. The summed E-state index contributed by atoms with van der Waals surface area (Å²) in [6.07, 6.45) is 2.13. The van der Waals surface area contributed by atoms with E-state index in [0.717, 1.165) is 51.5 Å². The molecule has 0 radical (unpaired) electrons. The maximum Gasteiger partial charge on any atom is 0.267 e. The van der Waals surface area contributed by atoms with Crippen LogP contribution in [0.25, 0.3) is 15.9 Å². The second kappa shape index (κ2) is 9.14. The van der Waals surface area contributed by atoms with Gasteiger partial charge in [0.2, 0.25) is 5.91 Å². The summed E-state index contributed by atoms with van der Waals surface area (Å²) in [5.74, 6) is 0.110. The van der Waals surface area contributed by atoms with Crippen LogP contribution in [-0.2, 0) is 9.53 Å². The predicted molar refractivity (Wildman–Crippen MR) is 127 cm³/mol. The molecule has 1 aromatic carbocycles. The Hall–Kier alpha value is -2.16. The fraction of sp³-hybridized carbons (Fsp3) is 0.435. The molecule has 164 valence electrons. The Morgan fingerprint density at radius 3 is 2.81 bits per heavy atom. The van der Waals surface area contributed by atoms with Crippen molar-refractivity contribution in [3.05, 3.63) is 50.1 Å². The van der Waals surface area contributed by atoms with E-state index in [1.165, 1.54) is 23.1 Å². The number of amides is 1. The Morgan fingerprint density at radius 1 is 1.29 bits per heavy atom. The minimum Gasteiger partial charge on any atom is -0.376 e. The zero-order valence-corrected chi connectivity index (χ0v) is 19.9. The molecule has 1 amide bonds. The van der Waals surface area contributed by atoms with E-state index in [4.69, 9.17) is 9.72 Å². The Morgan fingerprint density at radius 2 is 2.10 bits per heavy atom. The van der Waals surface area contributed by atoms with Gasteiger partial charge in [0.15, 0.2) is 5.16 Å². The molecule has 1 saturated heterocycles. The van der Waals surface area contributed by atoms with Crippen molar-refractivity contribution in [2.24, 2.45) is 0 Å². The molecule has 8 heteroatoms. The molecule has 1 aliphatic rings. The lowest BCUT2D eigenvalue weighted by atomic mass is 10.1. The summed E-state index contributed by atoms with van der Waals surface area (Å²) in [6.45, 7) is 9.34. The summed E-state index contributed by atoms with van der Waals surface area (Å²) in [4.78, 5) is 32.6. The zero-order valence-electron chi connectivity index (χ0n) is 18.3. The molecule has 0 aliphatic carbocycles. The van der Waals surface area contributed by atoms with Crippen molar-refractivity contribution in [2.75, 3.05) is 18.9 Å². The van der Waals surface area contributed by atoms with Crippen LogP contribution in [0.15, 0.2) is 28.2 Å². The Kier molecular flexibility index (Phi) is 6.50. The highest BCUT2D eigenvalue weighted by Gasteiger charge is 2.20. The molecule has 2 aromatic heterocycles. The maximum atomic E-state index is 13.5. The van der Waals surface area contributed by atoms with Crippen LogP contribution in [0.4, 0.5) is 0 Å². The van der Waals surface area contributed by atoms with Crippen molar-refractivity contribution in [2.45, 2.75) is 51.8 Å². The number of aromatic nitrogens is 2. The van der Waals surface area contributed by atoms with Crippen LogP contribution in [-0.4, -0.2) is 40.5 Å². The molecule has 0 unspecified atom stereocenters. The number of thioether (sulfide) groups is 1. The van der Waals surface area contributed by atoms with Gasteiger partial charge >= 0.3 is 0 Å². The third kappa shape index (κ3) is 4.56. The summed E-state index contributed by atoms with van der Waals surface area (Å²) in [7, 11) is 0. The molecule has 1 N–H and O–H groups in total. The standard InChI is InChI=1S/C23H27N3O3S2/c1-13-7-8-17(10-14(13)2)26-22(28)20-15(3)16(4)31-21(20)25-23(26)30-12-19(27)24-11-18-6-5-9-29-18/h7-8,10,18H,5-6,9,11-12H2,1-4H3,(H,24,27)/t18-/m1/s1. The lowest BCUT2D eigenvalue weighted by Gasteiger charge is -2.14. The van der Waals surface area contributed by atoms with E-state index in [0.29, 0.717) is 17.1 Å². The van der Waals surface area contributed by atoms with Crippen molar-refractivity contribution in [3.63, 3.8) is 0 Å². The highest BCUT2D eigenvalue weighted by molar-refractivity contribution is 7.99. The minimum absolute atomic E-state index is 0.0833. The third-order valence-corrected chi connectivity index (χ3v) is 7.84. The van der Waals surface area contributed by atoms with E-state index >= 15 is 0 Å². The monoisotopic (exact) mass is 457 g/mol. The quantitative estimate of drug-likeness (QED) is 0.446. The largest absolute Gasteiger partial charge is 0.376 e. The van der Waals surface area contributed by atoms with Gasteiger partial charge in [-0.05, 0) is 69.4 Å². The van der Waals surface area contributed by atoms with Crippen LogP contribution < -0.4 is 10.9 Å². The number of aryl methyl sites for hydroxylation is 4. The van der Waals surface area contributed by atoms with Crippen molar-refractivity contribution < 1.29 is 9.53 Å². The van der Waals surface area contributed by atoms with E-state index in [1.807, 2.05) is 45.9 Å². The number of carbonyl (C=O) groups excluding carboxylic acids is 1. The number of fused-ring (bicyclic) bond motifs is 1. The van der Waals surface area contributed by atoms with Crippen molar-refractivity contribution in [1.29, 1.82) is 0 Å². The molecule has 1 fully saturated rings. The van der Waals surface area contributed by atoms with Gasteiger partial charge in [-0.2, -0.15) is 0 Å². The fourth-order valence-electron chi connectivity index (χ4n) is 3.68. The summed E-state index contributed by atoms with van der Waals surface area (Å²) >= 11 is 2.82. The summed E-state index contributed by atoms with van der Waals surface area (Å²) in [5, 5.41) is 4.13. The van der Waals surface area contributed by atoms with E-state index in [9.17, 15) is 9.59 Å². The second-order valence-corrected chi connectivity index (χ2v) is 10.1. The van der Waals surface area contributed by atoms with Crippen LogP contribution in [0, 0.1) is 27.7 Å². The van der Waals surface area contributed by atoms with Gasteiger partial charge < -0.3 is 10.1 Å². The van der Waals surface area contributed by atoms with Gasteiger partial charge in [0.25, 0.3) is 5.56 Å². The number of carbonyl (C=O) groups is 1. The molecule has 4 rings (SSSR count). The molecule has 1 atom stereocenters. The number of rotatable bonds is 6. The van der Waals surface area contributed by atoms with Crippen molar-refractivity contribution in [1.82, 2.24) is 14.9 Å². The highest BCUT2D eigenvalue weighted by Crippen LogP contribution is 2.30.